The van der Waals surface area contributed by atoms with Crippen LogP contribution < -0.4 is 0 Å². The molecule has 1 amide bonds. The van der Waals surface area contributed by atoms with Crippen LogP contribution in [0.1, 0.15) is 51.4 Å². The maximum Gasteiger partial charge on any atom is 0.303 e. The Hall–Kier alpha value is -1.06. The van der Waals surface area contributed by atoms with Crippen molar-refractivity contribution in [3.63, 3.8) is 0 Å². The number of carboxylic acid groups (broad SMARTS) is 1. The molecule has 0 atom stereocenters. The predicted molar refractivity (Wildman–Crippen MR) is 63.6 cm³/mol. The molecule has 96 valence electrons. The zero-order valence-electron chi connectivity index (χ0n) is 10.3. The highest BCUT2D eigenvalue weighted by Gasteiger charge is 2.46. The highest BCUT2D eigenvalue weighted by molar-refractivity contribution is 5.79. The average molecular weight is 239 g/mol. The van der Waals surface area contributed by atoms with Crippen LogP contribution in [-0.2, 0) is 9.59 Å². The molecule has 0 radical (unpaired) electrons. The minimum absolute atomic E-state index is 0.159. The molecule has 2 aliphatic rings. The second-order valence-electron chi connectivity index (χ2n) is 5.54. The summed E-state index contributed by atoms with van der Waals surface area (Å²) in [5.41, 5.74) is -0.199. The van der Waals surface area contributed by atoms with Gasteiger partial charge in [-0.3, -0.25) is 9.59 Å². The molecule has 0 aromatic rings. The molecule has 2 rings (SSSR count). The normalized spacial score (nSPS) is 22.9. The summed E-state index contributed by atoms with van der Waals surface area (Å²) in [4.78, 5) is 24.8. The Labute approximate surface area is 102 Å². The standard InChI is InChI=1S/C13H21NO3/c15-11(14-7-3-1-2-4-8-14)9-13(5-6-13)10-12(16)17/h1-10H2,(H,16,17). The topological polar surface area (TPSA) is 57.6 Å². The summed E-state index contributed by atoms with van der Waals surface area (Å²) in [6.07, 6.45) is 7.02. The van der Waals surface area contributed by atoms with E-state index in [-0.39, 0.29) is 17.7 Å². The lowest BCUT2D eigenvalue weighted by atomic mass is 9.97. The van der Waals surface area contributed by atoms with Gasteiger partial charge in [-0.1, -0.05) is 12.8 Å². The van der Waals surface area contributed by atoms with Crippen LogP contribution in [0.3, 0.4) is 0 Å². The molecular weight excluding hydrogens is 218 g/mol. The van der Waals surface area contributed by atoms with Gasteiger partial charge < -0.3 is 10.0 Å². The maximum absolute atomic E-state index is 12.1. The zero-order chi connectivity index (χ0) is 12.3. The molecule has 0 aromatic heterocycles. The number of hydrogen-bond acceptors (Lipinski definition) is 2. The van der Waals surface area contributed by atoms with E-state index in [0.29, 0.717) is 6.42 Å². The molecular formula is C13H21NO3. The fraction of sp³-hybridized carbons (Fsp3) is 0.846. The molecule has 1 saturated heterocycles. The summed E-state index contributed by atoms with van der Waals surface area (Å²) in [6.45, 7) is 1.73. The Kier molecular flexibility index (Phi) is 3.69. The molecule has 0 bridgehead atoms. The average Bonchev–Trinajstić information content (AvgIpc) is 3.01. The number of carboxylic acids is 1. The highest BCUT2D eigenvalue weighted by Crippen LogP contribution is 2.52. The molecule has 0 unspecified atom stereocenters. The molecule has 1 saturated carbocycles. The lowest BCUT2D eigenvalue weighted by Gasteiger charge is -2.23. The first-order valence-corrected chi connectivity index (χ1v) is 6.61. The quantitative estimate of drug-likeness (QED) is 0.816. The number of aliphatic carboxylic acids is 1. The van der Waals surface area contributed by atoms with E-state index in [1.165, 1.54) is 12.8 Å². The summed E-state index contributed by atoms with van der Waals surface area (Å²) in [5, 5.41) is 8.83. The van der Waals surface area contributed by atoms with E-state index in [0.717, 1.165) is 38.8 Å². The molecule has 1 heterocycles. The predicted octanol–water partition coefficient (Wildman–Crippen LogP) is 2.03. The lowest BCUT2D eigenvalue weighted by Crippen LogP contribution is -2.33. The van der Waals surface area contributed by atoms with E-state index >= 15 is 0 Å². The van der Waals surface area contributed by atoms with E-state index in [2.05, 4.69) is 0 Å². The number of nitrogens with zero attached hydrogens (tertiary/aromatic N) is 1. The molecule has 1 N–H and O–H groups in total. The molecule has 0 aromatic carbocycles. The van der Waals surface area contributed by atoms with Crippen LogP contribution in [0.5, 0.6) is 0 Å². The van der Waals surface area contributed by atoms with Crippen molar-refractivity contribution in [2.45, 2.75) is 51.4 Å². The minimum Gasteiger partial charge on any atom is -0.481 e. The first-order valence-electron chi connectivity index (χ1n) is 6.61. The molecule has 4 heteroatoms. The van der Waals surface area contributed by atoms with Gasteiger partial charge in [0.1, 0.15) is 0 Å². The van der Waals surface area contributed by atoms with Crippen LogP contribution >= 0.6 is 0 Å². The summed E-state index contributed by atoms with van der Waals surface area (Å²) in [5.74, 6) is -0.600. The summed E-state index contributed by atoms with van der Waals surface area (Å²) < 4.78 is 0. The fourth-order valence-corrected chi connectivity index (χ4v) is 2.67. The second kappa shape index (κ2) is 5.07. The summed E-state index contributed by atoms with van der Waals surface area (Å²) >= 11 is 0. The van der Waals surface area contributed by atoms with Crippen LogP contribution in [0.15, 0.2) is 0 Å². The first-order chi connectivity index (χ1) is 8.11. The van der Waals surface area contributed by atoms with Crippen molar-refractivity contribution in [2.75, 3.05) is 13.1 Å². The maximum atomic E-state index is 12.1. The third-order valence-corrected chi connectivity index (χ3v) is 3.97. The summed E-state index contributed by atoms with van der Waals surface area (Å²) in [6, 6.07) is 0. The fourth-order valence-electron chi connectivity index (χ4n) is 2.67. The van der Waals surface area contributed by atoms with Crippen LogP contribution in [0, 0.1) is 5.41 Å². The van der Waals surface area contributed by atoms with Crippen molar-refractivity contribution in [2.24, 2.45) is 5.41 Å². The van der Waals surface area contributed by atoms with Gasteiger partial charge in [-0.2, -0.15) is 0 Å². The van der Waals surface area contributed by atoms with Crippen molar-refractivity contribution in [1.82, 2.24) is 4.90 Å². The van der Waals surface area contributed by atoms with Crippen LogP contribution in [0.25, 0.3) is 0 Å². The van der Waals surface area contributed by atoms with Gasteiger partial charge in [0.15, 0.2) is 0 Å². The molecule has 1 aliphatic carbocycles. The largest absolute Gasteiger partial charge is 0.481 e. The number of amides is 1. The smallest absolute Gasteiger partial charge is 0.303 e. The van der Waals surface area contributed by atoms with Crippen LogP contribution in [0.2, 0.25) is 0 Å². The van der Waals surface area contributed by atoms with Crippen molar-refractivity contribution in [1.29, 1.82) is 0 Å². The van der Waals surface area contributed by atoms with E-state index in [4.69, 9.17) is 5.11 Å². The Balaban J connectivity index is 1.85. The van der Waals surface area contributed by atoms with Crippen molar-refractivity contribution in [3.05, 3.63) is 0 Å². The molecule has 4 nitrogen and oxygen atoms in total. The third-order valence-electron chi connectivity index (χ3n) is 3.97. The van der Waals surface area contributed by atoms with Gasteiger partial charge in [-0.15, -0.1) is 0 Å². The van der Waals surface area contributed by atoms with Gasteiger partial charge in [0.2, 0.25) is 5.91 Å². The van der Waals surface area contributed by atoms with Crippen molar-refractivity contribution in [3.8, 4) is 0 Å². The second-order valence-corrected chi connectivity index (χ2v) is 5.54. The SMILES string of the molecule is O=C(O)CC1(CC(=O)N2CCCCCC2)CC1. The van der Waals surface area contributed by atoms with E-state index < -0.39 is 5.97 Å². The Morgan fingerprint density at radius 1 is 1.00 bits per heavy atom. The van der Waals surface area contributed by atoms with Gasteiger partial charge in [0.05, 0.1) is 6.42 Å². The van der Waals surface area contributed by atoms with Gasteiger partial charge >= 0.3 is 5.97 Å². The minimum atomic E-state index is -0.772. The van der Waals surface area contributed by atoms with Crippen LogP contribution in [-0.4, -0.2) is 35.0 Å². The zero-order valence-corrected chi connectivity index (χ0v) is 10.3. The number of hydrogen-bond donors (Lipinski definition) is 1. The van der Waals surface area contributed by atoms with Crippen LogP contribution in [0.4, 0.5) is 0 Å². The summed E-state index contributed by atoms with van der Waals surface area (Å²) in [7, 11) is 0. The molecule has 0 spiro atoms. The number of rotatable bonds is 4. The molecule has 1 aliphatic heterocycles. The lowest BCUT2D eigenvalue weighted by molar-refractivity contribution is -0.139. The van der Waals surface area contributed by atoms with Gasteiger partial charge in [-0.05, 0) is 31.1 Å². The first kappa shape index (κ1) is 12.4. The third kappa shape index (κ3) is 3.45. The van der Waals surface area contributed by atoms with Crippen molar-refractivity contribution < 1.29 is 14.7 Å². The van der Waals surface area contributed by atoms with Gasteiger partial charge in [0.25, 0.3) is 0 Å². The van der Waals surface area contributed by atoms with E-state index in [9.17, 15) is 9.59 Å². The highest BCUT2D eigenvalue weighted by atomic mass is 16.4. The van der Waals surface area contributed by atoms with Gasteiger partial charge in [0, 0.05) is 19.5 Å². The van der Waals surface area contributed by atoms with Crippen molar-refractivity contribution >= 4 is 11.9 Å². The number of carbonyl (C=O) groups is 2. The van der Waals surface area contributed by atoms with E-state index in [1.807, 2.05) is 4.90 Å². The monoisotopic (exact) mass is 239 g/mol. The molecule has 2 fully saturated rings. The van der Waals surface area contributed by atoms with Gasteiger partial charge in [-0.25, -0.2) is 0 Å². The Morgan fingerprint density at radius 3 is 2.06 bits per heavy atom. The number of carbonyl (C=O) groups excluding carboxylic acids is 1. The van der Waals surface area contributed by atoms with E-state index in [1.54, 1.807) is 0 Å². The number of likely N-dealkylation sites (tertiary alicyclic amines) is 1. The molecule has 17 heavy (non-hydrogen) atoms. The Bertz CT molecular complexity index is 302. The Morgan fingerprint density at radius 2 is 1.59 bits per heavy atom.